The maximum atomic E-state index is 12.4. The minimum atomic E-state index is -3.53. The lowest BCUT2D eigenvalue weighted by molar-refractivity contribution is -0.122. The molecule has 1 aliphatic rings. The maximum Gasteiger partial charge on any atom is 0.244 e. The van der Waals surface area contributed by atoms with Gasteiger partial charge in [-0.2, -0.15) is 0 Å². The van der Waals surface area contributed by atoms with E-state index in [1.807, 2.05) is 19.9 Å². The third-order valence-electron chi connectivity index (χ3n) is 3.51. The number of benzene rings is 1. The van der Waals surface area contributed by atoms with Gasteiger partial charge in [0.2, 0.25) is 15.9 Å². The van der Waals surface area contributed by atoms with Gasteiger partial charge < -0.3 is 5.32 Å². The third kappa shape index (κ3) is 3.97. The molecule has 0 aromatic heterocycles. The van der Waals surface area contributed by atoms with Crippen LogP contribution in [0.3, 0.4) is 0 Å². The van der Waals surface area contributed by atoms with Gasteiger partial charge in [0.15, 0.2) is 0 Å². The molecule has 0 bridgehead atoms. The number of nitrogens with zero attached hydrogens (tertiary/aromatic N) is 1. The molecule has 116 valence electrons. The quantitative estimate of drug-likeness (QED) is 0.871. The molecular formula is C15H22N2O3S. The average molecular weight is 310 g/mol. The van der Waals surface area contributed by atoms with Crippen LogP contribution >= 0.6 is 0 Å². The Morgan fingerprint density at radius 1 is 1.43 bits per heavy atom. The highest BCUT2D eigenvalue weighted by atomic mass is 32.2. The van der Waals surface area contributed by atoms with Crippen LogP contribution < -0.4 is 9.62 Å². The number of sulfonamides is 1. The van der Waals surface area contributed by atoms with E-state index in [1.54, 1.807) is 18.2 Å². The summed E-state index contributed by atoms with van der Waals surface area (Å²) >= 11 is 0. The van der Waals surface area contributed by atoms with Crippen LogP contribution in [0.5, 0.6) is 0 Å². The summed E-state index contributed by atoms with van der Waals surface area (Å²) in [5.41, 5.74) is 1.49. The van der Waals surface area contributed by atoms with E-state index in [0.29, 0.717) is 12.1 Å². The molecule has 0 aliphatic heterocycles. The number of nitrogens with one attached hydrogen (secondary N) is 1. The first-order chi connectivity index (χ1) is 9.82. The van der Waals surface area contributed by atoms with Crippen molar-refractivity contribution < 1.29 is 13.2 Å². The standard InChI is InChI=1S/C15H22N2O3S/c1-4-14(15(18)16-12-8-9-12)17(21(3,19)20)13-7-5-6-11(2)10-13/h5-7,10,12,14H,4,8-9H2,1-3H3,(H,16,18)/t14-/m0/s1. The fourth-order valence-electron chi connectivity index (χ4n) is 2.35. The van der Waals surface area contributed by atoms with Crippen molar-refractivity contribution in [2.75, 3.05) is 10.6 Å². The van der Waals surface area contributed by atoms with Crippen LogP contribution in [0.4, 0.5) is 5.69 Å². The summed E-state index contributed by atoms with van der Waals surface area (Å²) in [5, 5.41) is 2.90. The Labute approximate surface area is 126 Å². The lowest BCUT2D eigenvalue weighted by Gasteiger charge is -2.30. The first-order valence-electron chi connectivity index (χ1n) is 7.19. The van der Waals surface area contributed by atoms with E-state index >= 15 is 0 Å². The highest BCUT2D eigenvalue weighted by Gasteiger charge is 2.34. The van der Waals surface area contributed by atoms with E-state index in [2.05, 4.69) is 5.32 Å². The molecule has 1 amide bonds. The smallest absolute Gasteiger partial charge is 0.244 e. The summed E-state index contributed by atoms with van der Waals surface area (Å²) in [6, 6.07) is 6.71. The van der Waals surface area contributed by atoms with Crippen molar-refractivity contribution in [3.05, 3.63) is 29.8 Å². The van der Waals surface area contributed by atoms with Crippen molar-refractivity contribution in [1.82, 2.24) is 5.32 Å². The molecule has 0 heterocycles. The predicted octanol–water partition coefficient (Wildman–Crippen LogP) is 1.82. The summed E-state index contributed by atoms with van der Waals surface area (Å²) in [7, 11) is -3.53. The minimum absolute atomic E-state index is 0.213. The normalized spacial score (nSPS) is 16.3. The molecule has 5 nitrogen and oxygen atoms in total. The van der Waals surface area contributed by atoms with Crippen LogP contribution in [0.2, 0.25) is 0 Å². The maximum absolute atomic E-state index is 12.4. The van der Waals surface area contributed by atoms with Gasteiger partial charge in [0.1, 0.15) is 6.04 Å². The number of hydrogen-bond donors (Lipinski definition) is 1. The average Bonchev–Trinajstić information content (AvgIpc) is 3.17. The molecule has 0 spiro atoms. The first-order valence-corrected chi connectivity index (χ1v) is 9.04. The van der Waals surface area contributed by atoms with Gasteiger partial charge in [0.25, 0.3) is 0 Å². The van der Waals surface area contributed by atoms with Crippen molar-refractivity contribution in [2.24, 2.45) is 0 Å². The fourth-order valence-corrected chi connectivity index (χ4v) is 3.55. The number of carbonyl (C=O) groups is 1. The Bertz CT molecular complexity index is 624. The predicted molar refractivity (Wildman–Crippen MR) is 83.7 cm³/mol. The molecule has 1 aliphatic carbocycles. The van der Waals surface area contributed by atoms with E-state index in [9.17, 15) is 13.2 Å². The van der Waals surface area contributed by atoms with Gasteiger partial charge in [-0.05, 0) is 43.9 Å². The number of carbonyl (C=O) groups excluding carboxylic acids is 1. The highest BCUT2D eigenvalue weighted by molar-refractivity contribution is 7.92. The van der Waals surface area contributed by atoms with Gasteiger partial charge in [0, 0.05) is 6.04 Å². The van der Waals surface area contributed by atoms with Gasteiger partial charge in [-0.15, -0.1) is 0 Å². The van der Waals surface area contributed by atoms with Crippen molar-refractivity contribution in [3.63, 3.8) is 0 Å². The van der Waals surface area contributed by atoms with Crippen LogP contribution in [0.25, 0.3) is 0 Å². The zero-order valence-corrected chi connectivity index (χ0v) is 13.5. The lowest BCUT2D eigenvalue weighted by Crippen LogP contribution is -2.49. The van der Waals surface area contributed by atoms with Gasteiger partial charge >= 0.3 is 0 Å². The van der Waals surface area contributed by atoms with Crippen molar-refractivity contribution in [1.29, 1.82) is 0 Å². The SMILES string of the molecule is CC[C@@H](C(=O)NC1CC1)N(c1cccc(C)c1)S(C)(=O)=O. The van der Waals surface area contributed by atoms with Crippen LogP contribution in [-0.4, -0.2) is 32.7 Å². The van der Waals surface area contributed by atoms with E-state index in [-0.39, 0.29) is 11.9 Å². The molecule has 1 atom stereocenters. The number of aryl methyl sites for hydroxylation is 1. The van der Waals surface area contributed by atoms with Crippen LogP contribution in [0.1, 0.15) is 31.7 Å². The number of anilines is 1. The van der Waals surface area contributed by atoms with E-state index in [1.165, 1.54) is 4.31 Å². The minimum Gasteiger partial charge on any atom is -0.352 e. The molecular weight excluding hydrogens is 288 g/mol. The third-order valence-corrected chi connectivity index (χ3v) is 4.69. The molecule has 1 saturated carbocycles. The second kappa shape index (κ2) is 6.05. The molecule has 6 heteroatoms. The van der Waals surface area contributed by atoms with Crippen molar-refractivity contribution in [3.8, 4) is 0 Å². The molecule has 1 N–H and O–H groups in total. The number of hydrogen-bond acceptors (Lipinski definition) is 3. The van der Waals surface area contributed by atoms with Crippen LogP contribution in [-0.2, 0) is 14.8 Å². The van der Waals surface area contributed by atoms with Gasteiger partial charge in [-0.1, -0.05) is 19.1 Å². The van der Waals surface area contributed by atoms with Crippen LogP contribution in [0.15, 0.2) is 24.3 Å². The second-order valence-corrected chi connectivity index (χ2v) is 7.46. The molecule has 0 saturated heterocycles. The Morgan fingerprint density at radius 3 is 2.57 bits per heavy atom. The first kappa shape index (κ1) is 15.8. The molecule has 1 aromatic carbocycles. The summed E-state index contributed by atoms with van der Waals surface area (Å²) in [6.07, 6.45) is 3.53. The second-order valence-electron chi connectivity index (χ2n) is 5.60. The van der Waals surface area contributed by atoms with Gasteiger partial charge in [-0.25, -0.2) is 8.42 Å². The van der Waals surface area contributed by atoms with E-state index < -0.39 is 16.1 Å². The van der Waals surface area contributed by atoms with Crippen molar-refractivity contribution >= 4 is 21.6 Å². The molecule has 1 fully saturated rings. The van der Waals surface area contributed by atoms with E-state index in [4.69, 9.17) is 0 Å². The monoisotopic (exact) mass is 310 g/mol. The Kier molecular flexibility index (Phi) is 4.56. The van der Waals surface area contributed by atoms with Crippen molar-refractivity contribution in [2.45, 2.75) is 45.2 Å². The van der Waals surface area contributed by atoms with E-state index in [0.717, 1.165) is 24.7 Å². The lowest BCUT2D eigenvalue weighted by atomic mass is 10.1. The zero-order chi connectivity index (χ0) is 15.6. The summed E-state index contributed by atoms with van der Waals surface area (Å²) in [5.74, 6) is -0.216. The summed E-state index contributed by atoms with van der Waals surface area (Å²) in [6.45, 7) is 3.72. The molecule has 21 heavy (non-hydrogen) atoms. The molecule has 1 aromatic rings. The fraction of sp³-hybridized carbons (Fsp3) is 0.533. The highest BCUT2D eigenvalue weighted by Crippen LogP contribution is 2.25. The largest absolute Gasteiger partial charge is 0.352 e. The molecule has 0 radical (unpaired) electrons. The van der Waals surface area contributed by atoms with Gasteiger partial charge in [0.05, 0.1) is 11.9 Å². The number of amides is 1. The molecule has 2 rings (SSSR count). The zero-order valence-electron chi connectivity index (χ0n) is 12.7. The Morgan fingerprint density at radius 2 is 2.10 bits per heavy atom. The Balaban J connectivity index is 2.35. The topological polar surface area (TPSA) is 66.5 Å². The number of rotatable bonds is 6. The molecule has 0 unspecified atom stereocenters. The Hall–Kier alpha value is -1.56. The van der Waals surface area contributed by atoms with Gasteiger partial charge in [-0.3, -0.25) is 9.10 Å². The summed E-state index contributed by atoms with van der Waals surface area (Å²) in [4.78, 5) is 12.4. The van der Waals surface area contributed by atoms with Crippen LogP contribution in [0, 0.1) is 6.92 Å². The summed E-state index contributed by atoms with van der Waals surface area (Å²) < 4.78 is 25.6.